The van der Waals surface area contributed by atoms with Crippen molar-refractivity contribution in [1.82, 2.24) is 10.2 Å². The largest absolute Gasteiger partial charge is 0.332 e. The summed E-state index contributed by atoms with van der Waals surface area (Å²) in [6.07, 6.45) is 0. The number of amides is 1. The Kier molecular flexibility index (Phi) is 4.56. The van der Waals surface area contributed by atoms with Crippen LogP contribution in [-0.4, -0.2) is 36.0 Å². The molecule has 2 unspecified atom stereocenters. The first-order valence-corrected chi connectivity index (χ1v) is 7.00. The van der Waals surface area contributed by atoms with Crippen LogP contribution in [0.2, 0.25) is 0 Å². The van der Waals surface area contributed by atoms with E-state index < -0.39 is 28.9 Å². The van der Waals surface area contributed by atoms with E-state index in [2.05, 4.69) is 5.32 Å². The SMILES string of the molecule is CC1CN(C(=O)c2ccc(F)c(F)c2F)C(C(C)C)CN1. The van der Waals surface area contributed by atoms with E-state index in [9.17, 15) is 18.0 Å². The van der Waals surface area contributed by atoms with Crippen LogP contribution in [-0.2, 0) is 0 Å². The molecule has 6 heteroatoms. The van der Waals surface area contributed by atoms with Gasteiger partial charge in [-0.05, 0) is 25.0 Å². The molecule has 1 aromatic carbocycles. The van der Waals surface area contributed by atoms with Gasteiger partial charge in [0.1, 0.15) is 0 Å². The maximum Gasteiger partial charge on any atom is 0.257 e. The number of halogens is 3. The van der Waals surface area contributed by atoms with Gasteiger partial charge in [-0.2, -0.15) is 0 Å². The molecule has 0 bridgehead atoms. The molecular weight excluding hydrogens is 281 g/mol. The lowest BCUT2D eigenvalue weighted by Crippen LogP contribution is -2.59. The van der Waals surface area contributed by atoms with Gasteiger partial charge in [0.25, 0.3) is 5.91 Å². The molecule has 1 N–H and O–H groups in total. The second-order valence-electron chi connectivity index (χ2n) is 5.80. The quantitative estimate of drug-likeness (QED) is 0.851. The normalized spacial score (nSPS) is 22.7. The Bertz CT molecular complexity index is 548. The van der Waals surface area contributed by atoms with Gasteiger partial charge in [-0.3, -0.25) is 4.79 Å². The number of piperazine rings is 1. The van der Waals surface area contributed by atoms with Crippen molar-refractivity contribution >= 4 is 5.91 Å². The van der Waals surface area contributed by atoms with Crippen LogP contribution < -0.4 is 5.32 Å². The highest BCUT2D eigenvalue weighted by molar-refractivity contribution is 5.94. The predicted molar refractivity (Wildman–Crippen MR) is 73.4 cm³/mol. The minimum Gasteiger partial charge on any atom is -0.332 e. The third-order valence-electron chi connectivity index (χ3n) is 3.84. The van der Waals surface area contributed by atoms with E-state index in [0.29, 0.717) is 13.1 Å². The van der Waals surface area contributed by atoms with Crippen LogP contribution in [0.1, 0.15) is 31.1 Å². The van der Waals surface area contributed by atoms with Crippen LogP contribution in [0.3, 0.4) is 0 Å². The molecule has 0 spiro atoms. The Labute approximate surface area is 122 Å². The molecule has 2 rings (SSSR count). The van der Waals surface area contributed by atoms with Gasteiger partial charge in [-0.1, -0.05) is 13.8 Å². The van der Waals surface area contributed by atoms with Crippen molar-refractivity contribution in [1.29, 1.82) is 0 Å². The van der Waals surface area contributed by atoms with Gasteiger partial charge >= 0.3 is 0 Å². The van der Waals surface area contributed by atoms with E-state index in [4.69, 9.17) is 0 Å². The summed E-state index contributed by atoms with van der Waals surface area (Å²) in [5, 5.41) is 3.26. The maximum atomic E-state index is 13.8. The Balaban J connectivity index is 2.35. The summed E-state index contributed by atoms with van der Waals surface area (Å²) in [4.78, 5) is 14.1. The molecule has 1 heterocycles. The molecule has 1 fully saturated rings. The van der Waals surface area contributed by atoms with Crippen molar-refractivity contribution in [3.05, 3.63) is 35.1 Å². The number of nitrogens with one attached hydrogen (secondary N) is 1. The lowest BCUT2D eigenvalue weighted by atomic mass is 9.97. The molecule has 116 valence electrons. The number of nitrogens with zero attached hydrogens (tertiary/aromatic N) is 1. The van der Waals surface area contributed by atoms with Crippen molar-refractivity contribution in [2.75, 3.05) is 13.1 Å². The number of carbonyl (C=O) groups excluding carboxylic acids is 1. The smallest absolute Gasteiger partial charge is 0.257 e. The summed E-state index contributed by atoms with van der Waals surface area (Å²) in [5.74, 6) is -4.75. The fourth-order valence-electron chi connectivity index (χ4n) is 2.60. The fourth-order valence-corrected chi connectivity index (χ4v) is 2.60. The number of carbonyl (C=O) groups is 1. The molecule has 2 atom stereocenters. The second kappa shape index (κ2) is 6.05. The first-order valence-electron chi connectivity index (χ1n) is 7.00. The van der Waals surface area contributed by atoms with Crippen LogP contribution in [0, 0.1) is 23.4 Å². The van der Waals surface area contributed by atoms with Crippen LogP contribution >= 0.6 is 0 Å². The Hall–Kier alpha value is -1.56. The highest BCUT2D eigenvalue weighted by Crippen LogP contribution is 2.22. The summed E-state index contributed by atoms with van der Waals surface area (Å²) >= 11 is 0. The van der Waals surface area contributed by atoms with Crippen LogP contribution in [0.4, 0.5) is 13.2 Å². The van der Waals surface area contributed by atoms with Crippen molar-refractivity contribution in [3.8, 4) is 0 Å². The standard InChI is InChI=1S/C15H19F3N2O/c1-8(2)12-6-19-9(3)7-20(12)15(21)10-4-5-11(16)14(18)13(10)17/h4-5,8-9,12,19H,6-7H2,1-3H3. The van der Waals surface area contributed by atoms with Gasteiger partial charge in [0.2, 0.25) is 0 Å². The molecule has 0 aliphatic carbocycles. The van der Waals surface area contributed by atoms with E-state index in [1.165, 1.54) is 0 Å². The van der Waals surface area contributed by atoms with Gasteiger partial charge in [-0.15, -0.1) is 0 Å². The first kappa shape index (κ1) is 15.8. The van der Waals surface area contributed by atoms with Gasteiger partial charge < -0.3 is 10.2 Å². The lowest BCUT2D eigenvalue weighted by Gasteiger charge is -2.41. The highest BCUT2D eigenvalue weighted by atomic mass is 19.2. The number of benzene rings is 1. The average Bonchev–Trinajstić information content (AvgIpc) is 2.44. The average molecular weight is 300 g/mol. The summed E-state index contributed by atoms with van der Waals surface area (Å²) in [6.45, 7) is 6.84. The fraction of sp³-hybridized carbons (Fsp3) is 0.533. The minimum absolute atomic E-state index is 0.0670. The van der Waals surface area contributed by atoms with Crippen LogP contribution in [0.15, 0.2) is 12.1 Å². The molecule has 0 saturated carbocycles. The second-order valence-corrected chi connectivity index (χ2v) is 5.80. The molecule has 21 heavy (non-hydrogen) atoms. The summed E-state index contributed by atoms with van der Waals surface area (Å²) < 4.78 is 40.1. The zero-order valence-corrected chi connectivity index (χ0v) is 12.3. The number of hydrogen-bond donors (Lipinski definition) is 1. The molecule has 3 nitrogen and oxygen atoms in total. The molecular formula is C15H19F3N2O. The van der Waals surface area contributed by atoms with Crippen LogP contribution in [0.5, 0.6) is 0 Å². The maximum absolute atomic E-state index is 13.8. The zero-order valence-electron chi connectivity index (χ0n) is 12.3. The van der Waals surface area contributed by atoms with Crippen molar-refractivity contribution in [3.63, 3.8) is 0 Å². The number of hydrogen-bond acceptors (Lipinski definition) is 2. The number of rotatable bonds is 2. The first-order chi connectivity index (χ1) is 9.82. The van der Waals surface area contributed by atoms with Gasteiger partial charge in [0.05, 0.1) is 5.56 Å². The third-order valence-corrected chi connectivity index (χ3v) is 3.84. The topological polar surface area (TPSA) is 32.3 Å². The Morgan fingerprint density at radius 1 is 1.29 bits per heavy atom. The molecule has 1 amide bonds. The molecule has 1 aromatic rings. The lowest BCUT2D eigenvalue weighted by molar-refractivity contribution is 0.0516. The predicted octanol–water partition coefficient (Wildman–Crippen LogP) is 2.56. The van der Waals surface area contributed by atoms with E-state index in [-0.39, 0.29) is 18.0 Å². The highest BCUT2D eigenvalue weighted by Gasteiger charge is 2.33. The molecule has 1 aliphatic rings. The molecule has 1 saturated heterocycles. The van der Waals surface area contributed by atoms with Crippen molar-refractivity contribution < 1.29 is 18.0 Å². The van der Waals surface area contributed by atoms with Gasteiger partial charge in [0.15, 0.2) is 17.5 Å². The van der Waals surface area contributed by atoms with E-state index in [1.807, 2.05) is 20.8 Å². The van der Waals surface area contributed by atoms with Crippen molar-refractivity contribution in [2.45, 2.75) is 32.9 Å². The Morgan fingerprint density at radius 3 is 2.57 bits per heavy atom. The monoisotopic (exact) mass is 300 g/mol. The third kappa shape index (κ3) is 3.05. The van der Waals surface area contributed by atoms with Crippen LogP contribution in [0.25, 0.3) is 0 Å². The minimum atomic E-state index is -1.61. The zero-order chi connectivity index (χ0) is 15.7. The molecule has 0 aromatic heterocycles. The van der Waals surface area contributed by atoms with E-state index >= 15 is 0 Å². The summed E-state index contributed by atoms with van der Waals surface area (Å²) in [5.41, 5.74) is -0.423. The van der Waals surface area contributed by atoms with Crippen molar-refractivity contribution in [2.24, 2.45) is 5.92 Å². The summed E-state index contributed by atoms with van der Waals surface area (Å²) in [7, 11) is 0. The van der Waals surface area contributed by atoms with E-state index in [0.717, 1.165) is 12.1 Å². The van der Waals surface area contributed by atoms with E-state index in [1.54, 1.807) is 4.90 Å². The summed E-state index contributed by atoms with van der Waals surface area (Å²) in [6, 6.07) is 1.74. The van der Waals surface area contributed by atoms with Gasteiger partial charge in [0, 0.05) is 25.2 Å². The molecule has 0 radical (unpaired) electrons. The van der Waals surface area contributed by atoms with Gasteiger partial charge in [-0.25, -0.2) is 13.2 Å². The molecule has 1 aliphatic heterocycles. The Morgan fingerprint density at radius 2 is 1.95 bits per heavy atom.